The fourth-order valence-electron chi connectivity index (χ4n) is 3.61. The molecule has 1 saturated heterocycles. The van der Waals surface area contributed by atoms with Gasteiger partial charge in [0.05, 0.1) is 5.69 Å². The summed E-state index contributed by atoms with van der Waals surface area (Å²) in [6.07, 6.45) is 0. The van der Waals surface area contributed by atoms with Gasteiger partial charge >= 0.3 is 6.03 Å². The van der Waals surface area contributed by atoms with Crippen molar-refractivity contribution in [3.8, 4) is 0 Å². The highest BCUT2D eigenvalue weighted by Crippen LogP contribution is 2.33. The lowest BCUT2D eigenvalue weighted by Gasteiger charge is -2.24. The van der Waals surface area contributed by atoms with Crippen LogP contribution in [-0.2, 0) is 15.1 Å². The van der Waals surface area contributed by atoms with Crippen molar-refractivity contribution in [2.45, 2.75) is 12.5 Å². The van der Waals surface area contributed by atoms with Crippen LogP contribution in [-0.4, -0.2) is 29.3 Å². The largest absolute Gasteiger partial charge is 0.325 e. The van der Waals surface area contributed by atoms with Crippen LogP contribution in [0.1, 0.15) is 12.5 Å². The van der Waals surface area contributed by atoms with Gasteiger partial charge in [0.1, 0.15) is 23.7 Å². The molecule has 6 nitrogen and oxygen atoms in total. The van der Waals surface area contributed by atoms with Crippen molar-refractivity contribution in [3.05, 3.63) is 77.9 Å². The molecule has 0 unspecified atom stereocenters. The second-order valence-electron chi connectivity index (χ2n) is 7.15. The van der Waals surface area contributed by atoms with Gasteiger partial charge in [0.15, 0.2) is 0 Å². The predicted molar refractivity (Wildman–Crippen MR) is 107 cm³/mol. The van der Waals surface area contributed by atoms with E-state index in [4.69, 9.17) is 0 Å². The number of nitrogens with one attached hydrogen (secondary N) is 2. The molecule has 1 atom stereocenters. The predicted octanol–water partition coefficient (Wildman–Crippen LogP) is 3.52. The zero-order valence-electron chi connectivity index (χ0n) is 15.9. The summed E-state index contributed by atoms with van der Waals surface area (Å²) in [4.78, 5) is 38.7. The molecule has 152 valence electrons. The van der Waals surface area contributed by atoms with Gasteiger partial charge in [-0.15, -0.1) is 0 Å². The molecule has 30 heavy (non-hydrogen) atoms. The van der Waals surface area contributed by atoms with Crippen LogP contribution >= 0.6 is 0 Å². The molecule has 3 aromatic carbocycles. The Morgan fingerprint density at radius 2 is 1.80 bits per heavy atom. The van der Waals surface area contributed by atoms with Gasteiger partial charge in [0.2, 0.25) is 5.91 Å². The number of anilines is 1. The number of urea groups is 1. The van der Waals surface area contributed by atoms with Crippen molar-refractivity contribution < 1.29 is 23.2 Å². The van der Waals surface area contributed by atoms with Gasteiger partial charge in [-0.25, -0.2) is 13.6 Å². The van der Waals surface area contributed by atoms with Crippen molar-refractivity contribution in [1.82, 2.24) is 10.2 Å². The summed E-state index contributed by atoms with van der Waals surface area (Å²) >= 11 is 0. The Kier molecular flexibility index (Phi) is 4.69. The van der Waals surface area contributed by atoms with Gasteiger partial charge in [-0.3, -0.25) is 14.5 Å². The molecule has 0 radical (unpaired) electrons. The van der Waals surface area contributed by atoms with Gasteiger partial charge in [-0.1, -0.05) is 42.5 Å². The van der Waals surface area contributed by atoms with E-state index in [0.717, 1.165) is 27.8 Å². The highest BCUT2D eigenvalue weighted by molar-refractivity contribution is 6.11. The van der Waals surface area contributed by atoms with E-state index in [0.29, 0.717) is 11.6 Å². The van der Waals surface area contributed by atoms with Crippen LogP contribution in [0, 0.1) is 11.6 Å². The van der Waals surface area contributed by atoms with Crippen LogP contribution < -0.4 is 10.6 Å². The van der Waals surface area contributed by atoms with Crippen LogP contribution in [0.3, 0.4) is 0 Å². The highest BCUT2D eigenvalue weighted by atomic mass is 19.1. The third-order valence-corrected chi connectivity index (χ3v) is 5.11. The van der Waals surface area contributed by atoms with Crippen LogP contribution in [0.5, 0.6) is 0 Å². The summed E-state index contributed by atoms with van der Waals surface area (Å²) in [6.45, 7) is 0.967. The SMILES string of the molecule is C[C@]1(c2cccc3ccccc23)NC(=O)N(CC(=O)Nc2ccc(F)cc2F)C1=O. The van der Waals surface area contributed by atoms with Gasteiger partial charge in [0, 0.05) is 6.07 Å². The monoisotopic (exact) mass is 409 g/mol. The van der Waals surface area contributed by atoms with Crippen molar-refractivity contribution in [1.29, 1.82) is 0 Å². The number of hydrogen-bond acceptors (Lipinski definition) is 3. The molecule has 8 heteroatoms. The minimum absolute atomic E-state index is 0.245. The van der Waals surface area contributed by atoms with Gasteiger partial charge < -0.3 is 10.6 Å². The molecule has 3 aromatic rings. The Hall–Kier alpha value is -3.81. The molecule has 0 aromatic heterocycles. The van der Waals surface area contributed by atoms with Crippen molar-refractivity contribution >= 4 is 34.3 Å². The molecule has 0 aliphatic carbocycles. The lowest BCUT2D eigenvalue weighted by Crippen LogP contribution is -2.42. The number of imide groups is 1. The van der Waals surface area contributed by atoms with E-state index >= 15 is 0 Å². The number of fused-ring (bicyclic) bond motifs is 1. The maximum absolute atomic E-state index is 13.8. The summed E-state index contributed by atoms with van der Waals surface area (Å²) in [5.41, 5.74) is -1.00. The lowest BCUT2D eigenvalue weighted by molar-refractivity contribution is -0.133. The summed E-state index contributed by atoms with van der Waals surface area (Å²) in [6, 6.07) is 14.8. The molecule has 1 aliphatic heterocycles. The number of benzene rings is 3. The topological polar surface area (TPSA) is 78.5 Å². The zero-order valence-corrected chi connectivity index (χ0v) is 15.9. The Labute approximate surface area is 170 Å². The Morgan fingerprint density at radius 3 is 2.57 bits per heavy atom. The lowest BCUT2D eigenvalue weighted by atomic mass is 9.88. The molecule has 4 rings (SSSR count). The smallest absolute Gasteiger partial charge is 0.322 e. The van der Waals surface area contributed by atoms with E-state index in [1.165, 1.54) is 0 Å². The average molecular weight is 409 g/mol. The minimum Gasteiger partial charge on any atom is -0.322 e. The minimum atomic E-state index is -1.36. The molecule has 2 N–H and O–H groups in total. The van der Waals surface area contributed by atoms with E-state index < -0.39 is 41.6 Å². The summed E-state index contributed by atoms with van der Waals surface area (Å²) < 4.78 is 26.8. The molecular weight excluding hydrogens is 392 g/mol. The summed E-state index contributed by atoms with van der Waals surface area (Å²) in [5, 5.41) is 6.61. The third-order valence-electron chi connectivity index (χ3n) is 5.11. The third kappa shape index (κ3) is 3.26. The Morgan fingerprint density at radius 1 is 1.07 bits per heavy atom. The maximum atomic E-state index is 13.8. The molecule has 1 heterocycles. The number of hydrogen-bond donors (Lipinski definition) is 2. The number of rotatable bonds is 4. The summed E-state index contributed by atoms with van der Waals surface area (Å²) in [7, 11) is 0. The molecular formula is C22H17F2N3O3. The van der Waals surface area contributed by atoms with Gasteiger partial charge in [-0.2, -0.15) is 0 Å². The highest BCUT2D eigenvalue weighted by Gasteiger charge is 2.50. The Bertz CT molecular complexity index is 1190. The van der Waals surface area contributed by atoms with Gasteiger partial charge in [0.25, 0.3) is 5.91 Å². The standard InChI is InChI=1S/C22H17F2N3O3/c1-22(16-8-4-6-13-5-2-3-7-15(13)16)20(29)27(21(30)26-22)12-19(28)25-18-10-9-14(23)11-17(18)24/h2-11H,12H2,1H3,(H,25,28)(H,26,30)/t22-/m1/s1. The van der Waals surface area contributed by atoms with Crippen LogP contribution in [0.4, 0.5) is 19.3 Å². The number of amides is 4. The number of carbonyl (C=O) groups is 3. The first kappa shape index (κ1) is 19.5. The first-order chi connectivity index (χ1) is 14.3. The normalized spacial score (nSPS) is 18.6. The maximum Gasteiger partial charge on any atom is 0.325 e. The molecule has 1 aliphatic rings. The van der Waals surface area contributed by atoms with Crippen molar-refractivity contribution in [2.75, 3.05) is 11.9 Å². The van der Waals surface area contributed by atoms with E-state index in [-0.39, 0.29) is 5.69 Å². The number of nitrogens with zero attached hydrogens (tertiary/aromatic N) is 1. The molecule has 1 fully saturated rings. The van der Waals surface area contributed by atoms with Crippen LogP contribution in [0.15, 0.2) is 60.7 Å². The van der Waals surface area contributed by atoms with E-state index in [1.807, 2.05) is 30.3 Å². The van der Waals surface area contributed by atoms with E-state index in [1.54, 1.807) is 19.1 Å². The number of carbonyl (C=O) groups excluding carboxylic acids is 3. The number of halogens is 2. The second-order valence-corrected chi connectivity index (χ2v) is 7.15. The molecule has 0 spiro atoms. The summed E-state index contributed by atoms with van der Waals surface area (Å²) in [5.74, 6) is -3.13. The molecule has 4 amide bonds. The van der Waals surface area contributed by atoms with Crippen LogP contribution in [0.2, 0.25) is 0 Å². The first-order valence-electron chi connectivity index (χ1n) is 9.17. The fourth-order valence-corrected chi connectivity index (χ4v) is 3.61. The van der Waals surface area contributed by atoms with Crippen molar-refractivity contribution in [2.24, 2.45) is 0 Å². The van der Waals surface area contributed by atoms with E-state index in [2.05, 4.69) is 10.6 Å². The van der Waals surface area contributed by atoms with Gasteiger partial charge in [-0.05, 0) is 35.4 Å². The molecule has 0 saturated carbocycles. The van der Waals surface area contributed by atoms with Crippen molar-refractivity contribution in [3.63, 3.8) is 0 Å². The van der Waals surface area contributed by atoms with Crippen LogP contribution in [0.25, 0.3) is 10.8 Å². The molecule has 0 bridgehead atoms. The first-order valence-corrected chi connectivity index (χ1v) is 9.17. The quantitative estimate of drug-likeness (QED) is 0.647. The Balaban J connectivity index is 1.58. The average Bonchev–Trinajstić information content (AvgIpc) is 2.93. The van der Waals surface area contributed by atoms with E-state index in [9.17, 15) is 23.2 Å². The second kappa shape index (κ2) is 7.22. The fraction of sp³-hybridized carbons (Fsp3) is 0.136. The zero-order chi connectivity index (χ0) is 21.5.